The Kier molecular flexibility index (Phi) is 9.53. The number of nitrogens with zero attached hydrogens (tertiary/aromatic N) is 3. The van der Waals surface area contributed by atoms with E-state index in [1.165, 1.54) is 0 Å². The fourth-order valence-corrected chi connectivity index (χ4v) is 3.22. The summed E-state index contributed by atoms with van der Waals surface area (Å²) in [5, 5.41) is 0. The lowest BCUT2D eigenvalue weighted by Gasteiger charge is -2.36. The van der Waals surface area contributed by atoms with Gasteiger partial charge >= 0.3 is 12.1 Å². The second-order valence-electron chi connectivity index (χ2n) is 8.57. The molecule has 1 aromatic rings. The normalized spacial score (nSPS) is 14.7. The largest absolute Gasteiger partial charge is 0.462 e. The zero-order chi connectivity index (χ0) is 24.4. The van der Waals surface area contributed by atoms with Gasteiger partial charge in [-0.2, -0.15) is 0 Å². The first-order valence-electron chi connectivity index (χ1n) is 11.4. The van der Waals surface area contributed by atoms with Crippen LogP contribution in [-0.4, -0.2) is 68.1 Å². The summed E-state index contributed by atoms with van der Waals surface area (Å²) < 4.78 is 10.7. The lowest BCUT2D eigenvalue weighted by Crippen LogP contribution is -2.50. The van der Waals surface area contributed by atoms with Crippen LogP contribution in [0.15, 0.2) is 35.3 Å². The fourth-order valence-electron chi connectivity index (χ4n) is 3.22. The number of carbonyl (C=O) groups is 2. The van der Waals surface area contributed by atoms with Crippen LogP contribution in [0.25, 0.3) is 0 Å². The molecule has 7 nitrogen and oxygen atoms in total. The molecule has 0 aliphatic carbocycles. The van der Waals surface area contributed by atoms with Crippen molar-refractivity contribution in [2.75, 3.05) is 44.7 Å². The van der Waals surface area contributed by atoms with Crippen LogP contribution < -0.4 is 4.90 Å². The summed E-state index contributed by atoms with van der Waals surface area (Å²) >= 11 is 0. The predicted molar refractivity (Wildman–Crippen MR) is 132 cm³/mol. The van der Waals surface area contributed by atoms with Gasteiger partial charge in [-0.3, -0.25) is 4.99 Å². The van der Waals surface area contributed by atoms with E-state index in [0.29, 0.717) is 43.0 Å². The number of hydrogen-bond donors (Lipinski definition) is 0. The number of benzene rings is 1. The van der Waals surface area contributed by atoms with Crippen molar-refractivity contribution in [1.29, 1.82) is 0 Å². The summed E-state index contributed by atoms with van der Waals surface area (Å²) in [7, 11) is 1.69. The Morgan fingerprint density at radius 1 is 1.15 bits per heavy atom. The molecule has 1 aliphatic heterocycles. The van der Waals surface area contributed by atoms with Crippen LogP contribution in [0.3, 0.4) is 0 Å². The van der Waals surface area contributed by atoms with Gasteiger partial charge in [-0.1, -0.05) is 18.9 Å². The van der Waals surface area contributed by atoms with Crippen molar-refractivity contribution in [3.63, 3.8) is 0 Å². The third-order valence-electron chi connectivity index (χ3n) is 4.87. The molecule has 0 aromatic heterocycles. The van der Waals surface area contributed by atoms with E-state index in [9.17, 15) is 9.59 Å². The summed E-state index contributed by atoms with van der Waals surface area (Å²) in [5.74, 6) is 5.69. The highest BCUT2D eigenvalue weighted by molar-refractivity contribution is 6.09. The van der Waals surface area contributed by atoms with Gasteiger partial charge in [-0.15, -0.1) is 0 Å². The van der Waals surface area contributed by atoms with Gasteiger partial charge in [0, 0.05) is 44.5 Å². The molecule has 0 atom stereocenters. The first-order valence-corrected chi connectivity index (χ1v) is 11.4. The number of hydrogen-bond acceptors (Lipinski definition) is 6. The van der Waals surface area contributed by atoms with Crippen molar-refractivity contribution >= 4 is 23.5 Å². The second-order valence-corrected chi connectivity index (χ2v) is 8.57. The molecule has 1 heterocycles. The Bertz CT molecular complexity index is 956. The van der Waals surface area contributed by atoms with Crippen LogP contribution in [0, 0.1) is 11.8 Å². The molecule has 0 unspecified atom stereocenters. The zero-order valence-electron chi connectivity index (χ0n) is 20.6. The van der Waals surface area contributed by atoms with Gasteiger partial charge in [-0.25, -0.2) is 9.59 Å². The molecule has 0 N–H and O–H groups in total. The Morgan fingerprint density at radius 3 is 2.42 bits per heavy atom. The maximum atomic E-state index is 12.6. The van der Waals surface area contributed by atoms with Crippen LogP contribution in [-0.2, 0) is 9.47 Å². The van der Waals surface area contributed by atoms with Crippen LogP contribution in [0.1, 0.15) is 57.0 Å². The Morgan fingerprint density at radius 2 is 1.85 bits per heavy atom. The highest BCUT2D eigenvalue weighted by Crippen LogP contribution is 2.22. The van der Waals surface area contributed by atoms with Crippen molar-refractivity contribution in [3.05, 3.63) is 41.5 Å². The Hall–Kier alpha value is -3.27. The van der Waals surface area contributed by atoms with Crippen LogP contribution in [0.2, 0.25) is 0 Å². The highest BCUT2D eigenvalue weighted by atomic mass is 16.6. The topological polar surface area (TPSA) is 71.4 Å². The van der Waals surface area contributed by atoms with E-state index in [4.69, 9.17) is 9.47 Å². The van der Waals surface area contributed by atoms with E-state index >= 15 is 0 Å². The third kappa shape index (κ3) is 7.98. The van der Waals surface area contributed by atoms with Crippen LogP contribution >= 0.6 is 0 Å². The number of esters is 1. The summed E-state index contributed by atoms with van der Waals surface area (Å²) in [6.45, 7) is 12.1. The zero-order valence-corrected chi connectivity index (χ0v) is 20.6. The van der Waals surface area contributed by atoms with Gasteiger partial charge in [0.15, 0.2) is 0 Å². The molecule has 1 saturated heterocycles. The van der Waals surface area contributed by atoms with Crippen molar-refractivity contribution in [3.8, 4) is 11.8 Å². The molecule has 7 heteroatoms. The number of ether oxygens (including phenoxy) is 2. The van der Waals surface area contributed by atoms with E-state index in [-0.39, 0.29) is 12.7 Å². The third-order valence-corrected chi connectivity index (χ3v) is 4.87. The predicted octanol–water partition coefficient (Wildman–Crippen LogP) is 4.31. The fraction of sp³-hybridized carbons (Fsp3) is 0.500. The SMILES string of the molecule is CC/C=C\C(C#Cc1ccc(N2CCN(C(=O)OC(C)(C)C)CC2)cc1C(=O)OCC)=NC. The Labute approximate surface area is 197 Å². The number of carbonyl (C=O) groups excluding carboxylic acids is 2. The highest BCUT2D eigenvalue weighted by Gasteiger charge is 2.26. The average Bonchev–Trinajstić information content (AvgIpc) is 2.78. The van der Waals surface area contributed by atoms with Crippen LogP contribution in [0.4, 0.5) is 10.5 Å². The molecule has 1 amide bonds. The van der Waals surface area contributed by atoms with E-state index in [1.807, 2.05) is 58.0 Å². The number of anilines is 1. The van der Waals surface area contributed by atoms with E-state index in [1.54, 1.807) is 18.9 Å². The van der Waals surface area contributed by atoms with Gasteiger partial charge < -0.3 is 19.3 Å². The van der Waals surface area contributed by atoms with Gasteiger partial charge in [0.2, 0.25) is 0 Å². The minimum absolute atomic E-state index is 0.283. The number of rotatable bonds is 5. The second kappa shape index (κ2) is 12.1. The molecule has 0 bridgehead atoms. The van der Waals surface area contributed by atoms with Gasteiger partial charge in [0.25, 0.3) is 0 Å². The van der Waals surface area contributed by atoms with Gasteiger partial charge in [0.1, 0.15) is 11.3 Å². The first-order chi connectivity index (χ1) is 15.7. The molecule has 1 aromatic carbocycles. The molecule has 1 aliphatic rings. The van der Waals surface area contributed by atoms with E-state index < -0.39 is 11.6 Å². The smallest absolute Gasteiger partial charge is 0.410 e. The molecule has 0 saturated carbocycles. The minimum Gasteiger partial charge on any atom is -0.462 e. The standard InChI is InChI=1S/C26H35N3O4/c1-7-9-10-21(27-6)13-11-20-12-14-22(19-23(20)24(30)32-8-2)28-15-17-29(18-16-28)25(31)33-26(3,4)5/h9-10,12,14,19H,7-8,15-18H2,1-6H3/b10-9-,27-21?. The molecule has 178 valence electrons. The molecule has 33 heavy (non-hydrogen) atoms. The molecular weight excluding hydrogens is 418 g/mol. The molecule has 0 radical (unpaired) electrons. The number of allylic oxidation sites excluding steroid dienone is 2. The number of aliphatic imine (C=N–C) groups is 1. The van der Waals surface area contributed by atoms with Gasteiger partial charge in [0.05, 0.1) is 12.2 Å². The first kappa shape index (κ1) is 26.0. The van der Waals surface area contributed by atoms with E-state index in [0.717, 1.165) is 12.1 Å². The lowest BCUT2D eigenvalue weighted by molar-refractivity contribution is 0.0240. The Balaban J connectivity index is 2.22. The monoisotopic (exact) mass is 453 g/mol. The van der Waals surface area contributed by atoms with Crippen molar-refractivity contribution in [1.82, 2.24) is 4.90 Å². The summed E-state index contributed by atoms with van der Waals surface area (Å²) in [5.41, 5.74) is 2.03. The van der Waals surface area contributed by atoms with Crippen molar-refractivity contribution < 1.29 is 19.1 Å². The number of piperazine rings is 1. The maximum Gasteiger partial charge on any atom is 0.410 e. The quantitative estimate of drug-likeness (QED) is 0.377. The molecule has 0 spiro atoms. The molecule has 1 fully saturated rings. The summed E-state index contributed by atoms with van der Waals surface area (Å²) in [4.78, 5) is 33.0. The molecular formula is C26H35N3O4. The minimum atomic E-state index is -0.520. The van der Waals surface area contributed by atoms with Gasteiger partial charge in [-0.05, 0) is 64.3 Å². The summed E-state index contributed by atoms with van der Waals surface area (Å²) in [6, 6.07) is 5.60. The maximum absolute atomic E-state index is 12.6. The summed E-state index contributed by atoms with van der Waals surface area (Å²) in [6.07, 6.45) is 4.45. The number of amides is 1. The van der Waals surface area contributed by atoms with Crippen molar-refractivity contribution in [2.45, 2.75) is 46.6 Å². The van der Waals surface area contributed by atoms with E-state index in [2.05, 4.69) is 21.7 Å². The lowest BCUT2D eigenvalue weighted by atomic mass is 10.1. The molecule has 2 rings (SSSR count). The van der Waals surface area contributed by atoms with Crippen molar-refractivity contribution in [2.24, 2.45) is 4.99 Å². The van der Waals surface area contributed by atoms with Crippen LogP contribution in [0.5, 0.6) is 0 Å². The average molecular weight is 454 g/mol.